The van der Waals surface area contributed by atoms with Crippen LogP contribution in [0.4, 0.5) is 8.78 Å². The minimum Gasteiger partial charge on any atom is -0.486 e. The van der Waals surface area contributed by atoms with Gasteiger partial charge in [0.25, 0.3) is 6.43 Å². The summed E-state index contributed by atoms with van der Waals surface area (Å²) in [7, 11) is 0. The minimum atomic E-state index is -2.56. The molecule has 1 atom stereocenters. The maximum absolute atomic E-state index is 13.2. The van der Waals surface area contributed by atoms with E-state index in [1.54, 1.807) is 6.07 Å². The summed E-state index contributed by atoms with van der Waals surface area (Å²) >= 11 is 0. The van der Waals surface area contributed by atoms with Crippen LogP contribution < -0.4 is 14.8 Å². The molecule has 2 aliphatic heterocycles. The lowest BCUT2D eigenvalue weighted by molar-refractivity contribution is 0.0242. The second-order valence-electron chi connectivity index (χ2n) is 4.49. The van der Waals surface area contributed by atoms with Crippen LogP contribution >= 0.6 is 0 Å². The zero-order valence-electron chi connectivity index (χ0n) is 10.3. The molecule has 1 fully saturated rings. The van der Waals surface area contributed by atoms with Crippen LogP contribution in [0.25, 0.3) is 0 Å². The molecular weight excluding hydrogens is 256 g/mol. The number of halogens is 2. The topological polar surface area (TPSA) is 39.7 Å². The third-order valence-electron chi connectivity index (χ3n) is 3.26. The van der Waals surface area contributed by atoms with Crippen molar-refractivity contribution in [3.63, 3.8) is 0 Å². The summed E-state index contributed by atoms with van der Waals surface area (Å²) < 4.78 is 42.7. The quantitative estimate of drug-likeness (QED) is 0.893. The highest BCUT2D eigenvalue weighted by molar-refractivity contribution is 5.49. The molecule has 0 spiro atoms. The van der Waals surface area contributed by atoms with Crippen molar-refractivity contribution in [1.82, 2.24) is 5.32 Å². The first-order chi connectivity index (χ1) is 9.25. The van der Waals surface area contributed by atoms with Crippen molar-refractivity contribution in [1.29, 1.82) is 0 Å². The van der Waals surface area contributed by atoms with E-state index < -0.39 is 6.43 Å². The van der Waals surface area contributed by atoms with Crippen LogP contribution in [0.5, 0.6) is 11.5 Å². The van der Waals surface area contributed by atoms with E-state index >= 15 is 0 Å². The van der Waals surface area contributed by atoms with Crippen molar-refractivity contribution in [2.75, 3.05) is 32.9 Å². The zero-order valence-corrected chi connectivity index (χ0v) is 10.3. The molecule has 1 saturated heterocycles. The molecule has 0 amide bonds. The number of fused-ring (bicyclic) bond motifs is 1. The molecule has 0 radical (unpaired) electrons. The van der Waals surface area contributed by atoms with Crippen LogP contribution in [0, 0.1) is 0 Å². The first-order valence-electron chi connectivity index (χ1n) is 6.29. The number of nitrogens with one attached hydrogen (secondary N) is 1. The molecule has 0 aromatic heterocycles. The van der Waals surface area contributed by atoms with Crippen molar-refractivity contribution < 1.29 is 23.0 Å². The van der Waals surface area contributed by atoms with Gasteiger partial charge in [0, 0.05) is 18.7 Å². The average Bonchev–Trinajstić information content (AvgIpc) is 2.46. The predicted octanol–water partition coefficient (Wildman–Crippen LogP) is 2.06. The maximum atomic E-state index is 13.2. The third kappa shape index (κ3) is 2.50. The van der Waals surface area contributed by atoms with Gasteiger partial charge in [0.05, 0.1) is 12.7 Å². The number of morpholine rings is 1. The van der Waals surface area contributed by atoms with Crippen LogP contribution in [-0.4, -0.2) is 32.9 Å². The first-order valence-corrected chi connectivity index (χ1v) is 6.29. The molecule has 3 rings (SSSR count). The van der Waals surface area contributed by atoms with E-state index in [0.717, 1.165) is 6.54 Å². The molecular formula is C13H15F2NO3. The Labute approximate surface area is 109 Å². The van der Waals surface area contributed by atoms with E-state index in [4.69, 9.17) is 14.2 Å². The van der Waals surface area contributed by atoms with Crippen molar-refractivity contribution in [2.24, 2.45) is 0 Å². The van der Waals surface area contributed by atoms with Crippen molar-refractivity contribution in [2.45, 2.75) is 12.5 Å². The number of benzene rings is 1. The van der Waals surface area contributed by atoms with Crippen molar-refractivity contribution in [3.05, 3.63) is 23.3 Å². The number of rotatable bonds is 2. The van der Waals surface area contributed by atoms with Gasteiger partial charge in [-0.1, -0.05) is 0 Å². The average molecular weight is 271 g/mol. The number of alkyl halides is 2. The Hall–Kier alpha value is -1.40. The smallest absolute Gasteiger partial charge is 0.264 e. The van der Waals surface area contributed by atoms with Crippen molar-refractivity contribution >= 4 is 0 Å². The van der Waals surface area contributed by atoms with Gasteiger partial charge < -0.3 is 19.5 Å². The Morgan fingerprint density at radius 2 is 1.84 bits per heavy atom. The summed E-state index contributed by atoms with van der Waals surface area (Å²) in [5.41, 5.74) is 0.435. The molecule has 1 N–H and O–H groups in total. The molecule has 1 aromatic carbocycles. The minimum absolute atomic E-state index is 0.0436. The standard InChI is InChI=1S/C13H15F2NO3/c14-13(15)9-6-11-10(18-3-4-19-11)5-8(9)12-7-16-1-2-17-12/h5-6,12-13,16H,1-4,7H2. The second kappa shape index (κ2) is 5.30. The van der Waals surface area contributed by atoms with E-state index in [-0.39, 0.29) is 11.7 Å². The monoisotopic (exact) mass is 271 g/mol. The molecule has 4 nitrogen and oxygen atoms in total. The van der Waals surface area contributed by atoms with Gasteiger partial charge >= 0.3 is 0 Å². The van der Waals surface area contributed by atoms with E-state index in [2.05, 4.69) is 5.32 Å². The van der Waals surface area contributed by atoms with Gasteiger partial charge in [0.1, 0.15) is 13.2 Å². The van der Waals surface area contributed by atoms with Gasteiger partial charge in [-0.15, -0.1) is 0 Å². The predicted molar refractivity (Wildman–Crippen MR) is 64.0 cm³/mol. The highest BCUT2D eigenvalue weighted by atomic mass is 19.3. The Kier molecular flexibility index (Phi) is 3.52. The summed E-state index contributed by atoms with van der Waals surface area (Å²) in [4.78, 5) is 0. The van der Waals surface area contributed by atoms with Crippen LogP contribution in [0.2, 0.25) is 0 Å². The van der Waals surface area contributed by atoms with Crippen molar-refractivity contribution in [3.8, 4) is 11.5 Å². The van der Waals surface area contributed by atoms with Gasteiger partial charge in [-0.2, -0.15) is 0 Å². The van der Waals surface area contributed by atoms with Crippen LogP contribution in [0.1, 0.15) is 23.7 Å². The van der Waals surface area contributed by atoms with Crippen LogP contribution in [-0.2, 0) is 4.74 Å². The normalized spacial score (nSPS) is 22.6. The highest BCUT2D eigenvalue weighted by Crippen LogP contribution is 2.40. The van der Waals surface area contributed by atoms with Gasteiger partial charge in [-0.25, -0.2) is 8.78 Å². The Balaban J connectivity index is 2.00. The number of ether oxygens (including phenoxy) is 3. The molecule has 104 valence electrons. The Bertz CT molecular complexity index is 461. The molecule has 6 heteroatoms. The Morgan fingerprint density at radius 1 is 1.11 bits per heavy atom. The highest BCUT2D eigenvalue weighted by Gasteiger charge is 2.26. The summed E-state index contributed by atoms with van der Waals surface area (Å²) in [6, 6.07) is 2.99. The van der Waals surface area contributed by atoms with Gasteiger partial charge in [0.2, 0.25) is 0 Å². The summed E-state index contributed by atoms with van der Waals surface area (Å²) in [5, 5.41) is 3.14. The van der Waals surface area contributed by atoms with E-state index in [1.807, 2.05) is 0 Å². The van der Waals surface area contributed by atoms with Crippen LogP contribution in [0.15, 0.2) is 12.1 Å². The fourth-order valence-electron chi connectivity index (χ4n) is 2.35. The van der Waals surface area contributed by atoms with Gasteiger partial charge in [-0.3, -0.25) is 0 Å². The lowest BCUT2D eigenvalue weighted by Gasteiger charge is -2.28. The molecule has 19 heavy (non-hydrogen) atoms. The fraction of sp³-hybridized carbons (Fsp3) is 0.538. The molecule has 1 unspecified atom stereocenters. The number of hydrogen-bond donors (Lipinski definition) is 1. The largest absolute Gasteiger partial charge is 0.486 e. The van der Waals surface area contributed by atoms with Crippen LogP contribution in [0.3, 0.4) is 0 Å². The molecule has 0 saturated carbocycles. The SMILES string of the molecule is FC(F)c1cc2c(cc1C1CNCCO1)OCCO2. The maximum Gasteiger partial charge on any atom is 0.264 e. The third-order valence-corrected chi connectivity index (χ3v) is 3.26. The summed E-state index contributed by atoms with van der Waals surface area (Å²) in [6.07, 6.45) is -2.93. The van der Waals surface area contributed by atoms with E-state index in [0.29, 0.717) is 43.4 Å². The molecule has 1 aromatic rings. The van der Waals surface area contributed by atoms with Gasteiger partial charge in [-0.05, 0) is 17.7 Å². The Morgan fingerprint density at radius 3 is 2.47 bits per heavy atom. The molecule has 2 aliphatic rings. The lowest BCUT2D eigenvalue weighted by Crippen LogP contribution is -2.34. The first kappa shape index (κ1) is 12.6. The van der Waals surface area contributed by atoms with E-state index in [9.17, 15) is 8.78 Å². The van der Waals surface area contributed by atoms with E-state index in [1.165, 1.54) is 6.07 Å². The van der Waals surface area contributed by atoms with Gasteiger partial charge in [0.15, 0.2) is 11.5 Å². The lowest BCUT2D eigenvalue weighted by atomic mass is 10.00. The number of hydrogen-bond acceptors (Lipinski definition) is 4. The second-order valence-corrected chi connectivity index (χ2v) is 4.49. The fourth-order valence-corrected chi connectivity index (χ4v) is 2.35. The molecule has 0 aliphatic carbocycles. The summed E-state index contributed by atoms with van der Waals surface area (Å²) in [5.74, 6) is 0.897. The zero-order chi connectivity index (χ0) is 13.2. The molecule has 2 heterocycles. The summed E-state index contributed by atoms with van der Waals surface area (Å²) in [6.45, 7) is 2.60. The molecule has 0 bridgehead atoms.